The lowest BCUT2D eigenvalue weighted by molar-refractivity contribution is -0.136. The molecule has 2 fully saturated rings. The van der Waals surface area contributed by atoms with Crippen LogP contribution in [0.15, 0.2) is 0 Å². The molecule has 0 aromatic carbocycles. The Morgan fingerprint density at radius 1 is 1.30 bits per heavy atom. The van der Waals surface area contributed by atoms with E-state index >= 15 is 0 Å². The first kappa shape index (κ1) is 15.8. The first-order chi connectivity index (χ1) is 9.43. The number of hydrogen-bond acceptors (Lipinski definition) is 4. The van der Waals surface area contributed by atoms with Crippen molar-refractivity contribution in [2.24, 2.45) is 0 Å². The van der Waals surface area contributed by atoms with Crippen molar-refractivity contribution in [1.82, 2.24) is 9.80 Å². The lowest BCUT2D eigenvalue weighted by atomic mass is 10.00. The smallest absolute Gasteiger partial charge is 0.236 e. The molecule has 2 saturated heterocycles. The molecule has 5 nitrogen and oxygen atoms in total. The van der Waals surface area contributed by atoms with Gasteiger partial charge in [0, 0.05) is 18.6 Å². The predicted octanol–water partition coefficient (Wildman–Crippen LogP) is 0.896. The number of carbonyl (C=O) groups excluding carboxylic acids is 1. The molecule has 20 heavy (non-hydrogen) atoms. The van der Waals surface area contributed by atoms with E-state index < -0.39 is 9.84 Å². The van der Waals surface area contributed by atoms with E-state index in [1.54, 1.807) is 0 Å². The largest absolute Gasteiger partial charge is 0.339 e. The van der Waals surface area contributed by atoms with Gasteiger partial charge in [-0.1, -0.05) is 6.92 Å². The molecule has 0 spiro atoms. The van der Waals surface area contributed by atoms with Gasteiger partial charge in [-0.2, -0.15) is 0 Å². The third-order valence-corrected chi connectivity index (χ3v) is 6.39. The maximum Gasteiger partial charge on any atom is 0.236 e. The number of likely N-dealkylation sites (tertiary alicyclic amines) is 1. The summed E-state index contributed by atoms with van der Waals surface area (Å²) in [7, 11) is -1.01. The SMILES string of the molecule is CCC1CCCCN1C(=O)CN(C)C1CCS(=O)(=O)C1. The van der Waals surface area contributed by atoms with Crippen LogP contribution in [0.2, 0.25) is 0 Å². The lowest BCUT2D eigenvalue weighted by Crippen LogP contribution is -2.49. The van der Waals surface area contributed by atoms with Crippen LogP contribution in [-0.4, -0.2) is 67.9 Å². The van der Waals surface area contributed by atoms with Gasteiger partial charge in [-0.25, -0.2) is 8.42 Å². The number of piperidine rings is 1. The molecular weight excluding hydrogens is 276 g/mol. The molecule has 0 aliphatic carbocycles. The highest BCUT2D eigenvalue weighted by Gasteiger charge is 2.33. The van der Waals surface area contributed by atoms with Crippen LogP contribution in [0.25, 0.3) is 0 Å². The maximum absolute atomic E-state index is 12.4. The number of likely N-dealkylation sites (N-methyl/N-ethyl adjacent to an activating group) is 1. The number of sulfone groups is 1. The van der Waals surface area contributed by atoms with E-state index in [-0.39, 0.29) is 23.5 Å². The average Bonchev–Trinajstić information content (AvgIpc) is 2.79. The van der Waals surface area contributed by atoms with Crippen LogP contribution in [0.3, 0.4) is 0 Å². The third-order valence-electron chi connectivity index (χ3n) is 4.64. The zero-order valence-electron chi connectivity index (χ0n) is 12.5. The van der Waals surface area contributed by atoms with Gasteiger partial charge in [-0.15, -0.1) is 0 Å². The van der Waals surface area contributed by atoms with E-state index in [4.69, 9.17) is 0 Å². The molecule has 0 aromatic rings. The Labute approximate surface area is 122 Å². The molecule has 1 amide bonds. The number of hydrogen-bond donors (Lipinski definition) is 0. The molecule has 0 radical (unpaired) electrons. The molecule has 0 bridgehead atoms. The van der Waals surface area contributed by atoms with Gasteiger partial charge in [-0.3, -0.25) is 9.69 Å². The Morgan fingerprint density at radius 2 is 2.05 bits per heavy atom. The van der Waals surface area contributed by atoms with Gasteiger partial charge >= 0.3 is 0 Å². The molecule has 2 atom stereocenters. The summed E-state index contributed by atoms with van der Waals surface area (Å²) in [6, 6.07) is 0.380. The molecule has 2 rings (SSSR count). The van der Waals surface area contributed by atoms with Gasteiger partial charge in [0.2, 0.25) is 5.91 Å². The molecule has 0 aromatic heterocycles. The van der Waals surface area contributed by atoms with Crippen molar-refractivity contribution in [3.63, 3.8) is 0 Å². The second-order valence-corrected chi connectivity index (χ2v) is 8.35. The fourth-order valence-electron chi connectivity index (χ4n) is 3.31. The van der Waals surface area contributed by atoms with Crippen LogP contribution in [0.5, 0.6) is 0 Å². The summed E-state index contributed by atoms with van der Waals surface area (Å²) in [6.45, 7) is 3.33. The van der Waals surface area contributed by atoms with Gasteiger partial charge in [-0.05, 0) is 39.2 Å². The number of amides is 1. The standard InChI is InChI=1S/C14H26N2O3S/c1-3-12-6-4-5-8-16(12)14(17)10-15(2)13-7-9-20(18,19)11-13/h12-13H,3-11H2,1-2H3. The van der Waals surface area contributed by atoms with Gasteiger partial charge in [0.25, 0.3) is 0 Å². The second kappa shape index (κ2) is 6.43. The van der Waals surface area contributed by atoms with E-state index in [0.29, 0.717) is 19.0 Å². The molecule has 0 saturated carbocycles. The van der Waals surface area contributed by atoms with Crippen molar-refractivity contribution < 1.29 is 13.2 Å². The minimum Gasteiger partial charge on any atom is -0.339 e. The van der Waals surface area contributed by atoms with E-state index in [9.17, 15) is 13.2 Å². The van der Waals surface area contributed by atoms with Crippen LogP contribution in [0.1, 0.15) is 39.0 Å². The van der Waals surface area contributed by atoms with Crippen molar-refractivity contribution in [2.45, 2.75) is 51.1 Å². The van der Waals surface area contributed by atoms with Crippen molar-refractivity contribution in [1.29, 1.82) is 0 Å². The van der Waals surface area contributed by atoms with Crippen LogP contribution >= 0.6 is 0 Å². The quantitative estimate of drug-likeness (QED) is 0.774. The fourth-order valence-corrected chi connectivity index (χ4v) is 5.11. The monoisotopic (exact) mass is 302 g/mol. The van der Waals surface area contributed by atoms with E-state index in [0.717, 1.165) is 25.8 Å². The summed E-state index contributed by atoms with van der Waals surface area (Å²) in [5.41, 5.74) is 0. The first-order valence-corrected chi connectivity index (χ1v) is 9.45. The average molecular weight is 302 g/mol. The minimum atomic E-state index is -2.88. The number of nitrogens with zero attached hydrogens (tertiary/aromatic N) is 2. The van der Waals surface area contributed by atoms with Crippen LogP contribution in [-0.2, 0) is 14.6 Å². The van der Waals surface area contributed by atoms with Crippen molar-refractivity contribution in [3.8, 4) is 0 Å². The zero-order valence-corrected chi connectivity index (χ0v) is 13.4. The van der Waals surface area contributed by atoms with Crippen LogP contribution < -0.4 is 0 Å². The Kier molecular flexibility index (Phi) is 5.07. The molecule has 2 unspecified atom stereocenters. The molecule has 2 aliphatic rings. The van der Waals surface area contributed by atoms with Crippen LogP contribution in [0.4, 0.5) is 0 Å². The van der Waals surface area contributed by atoms with Crippen molar-refractivity contribution >= 4 is 15.7 Å². The van der Waals surface area contributed by atoms with Gasteiger partial charge in [0.05, 0.1) is 18.1 Å². The lowest BCUT2D eigenvalue weighted by Gasteiger charge is -2.37. The summed E-state index contributed by atoms with van der Waals surface area (Å²) < 4.78 is 23.0. The Bertz CT molecular complexity index is 449. The Hall–Kier alpha value is -0.620. The maximum atomic E-state index is 12.4. The van der Waals surface area contributed by atoms with E-state index in [1.165, 1.54) is 6.42 Å². The minimum absolute atomic E-state index is 0.00816. The van der Waals surface area contributed by atoms with Crippen molar-refractivity contribution in [2.75, 3.05) is 31.6 Å². The highest BCUT2D eigenvalue weighted by molar-refractivity contribution is 7.91. The highest BCUT2D eigenvalue weighted by Crippen LogP contribution is 2.21. The molecule has 2 aliphatic heterocycles. The molecule has 2 heterocycles. The summed E-state index contributed by atoms with van der Waals surface area (Å²) in [5, 5.41) is 0. The fraction of sp³-hybridized carbons (Fsp3) is 0.929. The van der Waals surface area contributed by atoms with E-state index in [2.05, 4.69) is 6.92 Å². The summed E-state index contributed by atoms with van der Waals surface area (Å²) in [4.78, 5) is 16.4. The first-order valence-electron chi connectivity index (χ1n) is 7.63. The molecular formula is C14H26N2O3S. The van der Waals surface area contributed by atoms with E-state index in [1.807, 2.05) is 16.8 Å². The number of carbonyl (C=O) groups is 1. The Morgan fingerprint density at radius 3 is 2.65 bits per heavy atom. The zero-order chi connectivity index (χ0) is 14.8. The third kappa shape index (κ3) is 3.73. The van der Waals surface area contributed by atoms with Gasteiger partial charge < -0.3 is 4.90 Å². The normalized spacial score (nSPS) is 29.9. The van der Waals surface area contributed by atoms with Gasteiger partial charge in [0.1, 0.15) is 0 Å². The predicted molar refractivity (Wildman–Crippen MR) is 79.3 cm³/mol. The molecule has 116 valence electrons. The molecule has 6 heteroatoms. The van der Waals surface area contributed by atoms with Gasteiger partial charge in [0.15, 0.2) is 9.84 Å². The second-order valence-electron chi connectivity index (χ2n) is 6.12. The van der Waals surface area contributed by atoms with Crippen molar-refractivity contribution in [3.05, 3.63) is 0 Å². The van der Waals surface area contributed by atoms with Crippen LogP contribution in [0, 0.1) is 0 Å². The summed E-state index contributed by atoms with van der Waals surface area (Å²) in [6.07, 6.45) is 5.06. The highest BCUT2D eigenvalue weighted by atomic mass is 32.2. The topological polar surface area (TPSA) is 57.7 Å². The summed E-state index contributed by atoms with van der Waals surface area (Å²) in [5.74, 6) is 0.620. The molecule has 0 N–H and O–H groups in total. The summed E-state index contributed by atoms with van der Waals surface area (Å²) >= 11 is 0. The Balaban J connectivity index is 1.90. The number of rotatable bonds is 4.